The van der Waals surface area contributed by atoms with E-state index in [0.29, 0.717) is 13.1 Å². The first-order valence-electron chi connectivity index (χ1n) is 10.7. The molecule has 0 bridgehead atoms. The molecule has 4 rings (SSSR count). The molecule has 1 amide bonds. The number of amides is 1. The first kappa shape index (κ1) is 20.7. The number of ether oxygens (including phenoxy) is 1. The van der Waals surface area contributed by atoms with Crippen molar-refractivity contribution in [3.8, 4) is 0 Å². The molecule has 0 saturated carbocycles. The summed E-state index contributed by atoms with van der Waals surface area (Å²) in [5, 5.41) is 0. The second-order valence-corrected chi connectivity index (χ2v) is 8.23. The van der Waals surface area contributed by atoms with Gasteiger partial charge in [0.15, 0.2) is 0 Å². The maximum absolute atomic E-state index is 13.3. The number of hydrogen-bond acceptors (Lipinski definition) is 5. The molecule has 1 saturated heterocycles. The first-order valence-corrected chi connectivity index (χ1v) is 10.7. The molecule has 0 spiro atoms. The largest absolute Gasteiger partial charge is 0.375 e. The van der Waals surface area contributed by atoms with Crippen molar-refractivity contribution >= 4 is 11.7 Å². The number of halogens is 1. The number of hydrogen-bond donors (Lipinski definition) is 0. The van der Waals surface area contributed by atoms with Crippen LogP contribution in [0.5, 0.6) is 0 Å². The van der Waals surface area contributed by atoms with Gasteiger partial charge < -0.3 is 14.5 Å². The Bertz CT molecular complexity index is 903. The van der Waals surface area contributed by atoms with Gasteiger partial charge in [-0.15, -0.1) is 0 Å². The molecule has 30 heavy (non-hydrogen) atoms. The minimum atomic E-state index is -0.219. The van der Waals surface area contributed by atoms with Crippen molar-refractivity contribution in [3.63, 3.8) is 0 Å². The van der Waals surface area contributed by atoms with Crippen LogP contribution in [0.2, 0.25) is 0 Å². The molecule has 0 N–H and O–H groups in total. The van der Waals surface area contributed by atoms with Crippen LogP contribution in [-0.2, 0) is 22.5 Å². The number of rotatable bonds is 5. The highest BCUT2D eigenvalue weighted by atomic mass is 19.1. The number of aryl methyl sites for hydroxylation is 1. The highest BCUT2D eigenvalue weighted by Crippen LogP contribution is 2.32. The number of aromatic nitrogens is 2. The van der Waals surface area contributed by atoms with Crippen LogP contribution in [0.4, 0.5) is 10.2 Å². The predicted molar refractivity (Wildman–Crippen MR) is 113 cm³/mol. The van der Waals surface area contributed by atoms with E-state index in [4.69, 9.17) is 14.7 Å². The van der Waals surface area contributed by atoms with Gasteiger partial charge in [-0.05, 0) is 50.3 Å². The molecule has 1 aromatic carbocycles. The van der Waals surface area contributed by atoms with Crippen molar-refractivity contribution in [2.75, 3.05) is 38.3 Å². The summed E-state index contributed by atoms with van der Waals surface area (Å²) in [6.07, 6.45) is 3.96. The van der Waals surface area contributed by atoms with E-state index in [1.165, 1.54) is 17.7 Å². The van der Waals surface area contributed by atoms with E-state index in [1.54, 1.807) is 7.11 Å². The van der Waals surface area contributed by atoms with E-state index in [9.17, 15) is 9.18 Å². The summed E-state index contributed by atoms with van der Waals surface area (Å²) >= 11 is 0. The third-order valence-electron chi connectivity index (χ3n) is 6.06. The van der Waals surface area contributed by atoms with Gasteiger partial charge in [0.1, 0.15) is 24.1 Å². The predicted octanol–water partition coefficient (Wildman–Crippen LogP) is 3.23. The lowest BCUT2D eigenvalue weighted by Gasteiger charge is -2.34. The molecule has 1 aromatic heterocycles. The summed E-state index contributed by atoms with van der Waals surface area (Å²) in [7, 11) is 1.55. The zero-order valence-electron chi connectivity index (χ0n) is 17.7. The van der Waals surface area contributed by atoms with E-state index in [0.717, 1.165) is 61.7 Å². The van der Waals surface area contributed by atoms with Crippen LogP contribution in [0, 0.1) is 12.7 Å². The summed E-state index contributed by atoms with van der Waals surface area (Å²) in [6, 6.07) is 6.67. The van der Waals surface area contributed by atoms with Gasteiger partial charge in [0.2, 0.25) is 5.91 Å². The Labute approximate surface area is 177 Å². The van der Waals surface area contributed by atoms with Gasteiger partial charge in [-0.1, -0.05) is 12.1 Å². The van der Waals surface area contributed by atoms with Crippen molar-refractivity contribution in [2.45, 2.75) is 45.1 Å². The van der Waals surface area contributed by atoms with E-state index in [1.807, 2.05) is 17.0 Å². The van der Waals surface area contributed by atoms with Crippen molar-refractivity contribution in [1.82, 2.24) is 14.9 Å². The number of likely N-dealkylation sites (tertiary alicyclic amines) is 1. The minimum Gasteiger partial charge on any atom is -0.375 e. The lowest BCUT2D eigenvalue weighted by molar-refractivity contribution is -0.136. The molecule has 0 aliphatic carbocycles. The molecule has 2 aliphatic rings. The SMILES string of the molecule is COCC(=O)N1CCCC(c2nc(C)c3c(n2)N(Cc2ccc(F)cc2)CCC3)C1. The normalized spacial score (nSPS) is 19.0. The lowest BCUT2D eigenvalue weighted by Crippen LogP contribution is -2.41. The topological polar surface area (TPSA) is 58.6 Å². The Morgan fingerprint density at radius 1 is 1.20 bits per heavy atom. The van der Waals surface area contributed by atoms with Gasteiger partial charge in [0.05, 0.1) is 0 Å². The molecule has 1 unspecified atom stereocenters. The fourth-order valence-corrected chi connectivity index (χ4v) is 4.48. The molecule has 2 aliphatic heterocycles. The zero-order chi connectivity index (χ0) is 21.1. The fraction of sp³-hybridized carbons (Fsp3) is 0.522. The number of piperidine rings is 1. The van der Waals surface area contributed by atoms with Gasteiger partial charge >= 0.3 is 0 Å². The van der Waals surface area contributed by atoms with Crippen LogP contribution in [0.15, 0.2) is 24.3 Å². The third kappa shape index (κ3) is 4.46. The van der Waals surface area contributed by atoms with Crippen molar-refractivity contribution in [1.29, 1.82) is 0 Å². The molecule has 0 radical (unpaired) electrons. The molecule has 1 fully saturated rings. The fourth-order valence-electron chi connectivity index (χ4n) is 4.48. The van der Waals surface area contributed by atoms with Gasteiger partial charge in [0.25, 0.3) is 0 Å². The quantitative estimate of drug-likeness (QED) is 0.755. The second-order valence-electron chi connectivity index (χ2n) is 8.23. The smallest absolute Gasteiger partial charge is 0.248 e. The van der Waals surface area contributed by atoms with Crippen LogP contribution < -0.4 is 4.90 Å². The number of carbonyl (C=O) groups is 1. The second kappa shape index (κ2) is 9.08. The molecular formula is C23H29FN4O2. The van der Waals surface area contributed by atoms with Crippen molar-refractivity contribution in [3.05, 3.63) is 52.7 Å². The van der Waals surface area contributed by atoms with Crippen LogP contribution >= 0.6 is 0 Å². The number of nitrogens with zero attached hydrogens (tertiary/aromatic N) is 4. The standard InChI is InChI=1S/C23H29FN4O2/c1-16-20-6-4-12-28(13-17-7-9-19(24)10-8-17)23(20)26-22(25-16)18-5-3-11-27(14-18)21(29)15-30-2/h7-10,18H,3-6,11-15H2,1-2H3. The monoisotopic (exact) mass is 412 g/mol. The van der Waals surface area contributed by atoms with E-state index >= 15 is 0 Å². The maximum Gasteiger partial charge on any atom is 0.248 e. The Kier molecular flexibility index (Phi) is 6.27. The summed E-state index contributed by atoms with van der Waals surface area (Å²) in [5.74, 6) is 1.76. The molecule has 3 heterocycles. The Morgan fingerprint density at radius 2 is 2.00 bits per heavy atom. The van der Waals surface area contributed by atoms with Crippen LogP contribution in [0.3, 0.4) is 0 Å². The molecular weight excluding hydrogens is 383 g/mol. The van der Waals surface area contributed by atoms with Crippen molar-refractivity contribution < 1.29 is 13.9 Å². The van der Waals surface area contributed by atoms with Crippen molar-refractivity contribution in [2.24, 2.45) is 0 Å². The maximum atomic E-state index is 13.3. The molecule has 7 heteroatoms. The third-order valence-corrected chi connectivity index (χ3v) is 6.06. The van der Waals surface area contributed by atoms with Crippen LogP contribution in [-0.4, -0.2) is 54.1 Å². The van der Waals surface area contributed by atoms with E-state index in [-0.39, 0.29) is 24.2 Å². The van der Waals surface area contributed by atoms with Crippen LogP contribution in [0.1, 0.15) is 47.8 Å². The molecule has 6 nitrogen and oxygen atoms in total. The number of fused-ring (bicyclic) bond motifs is 1. The number of methoxy groups -OCH3 is 1. The summed E-state index contributed by atoms with van der Waals surface area (Å²) < 4.78 is 18.3. The van der Waals surface area contributed by atoms with Gasteiger partial charge in [-0.25, -0.2) is 14.4 Å². The van der Waals surface area contributed by atoms with Crippen LogP contribution in [0.25, 0.3) is 0 Å². The average Bonchev–Trinajstić information content (AvgIpc) is 2.76. The molecule has 2 aromatic rings. The Morgan fingerprint density at radius 3 is 2.77 bits per heavy atom. The molecule has 160 valence electrons. The lowest BCUT2D eigenvalue weighted by atomic mass is 9.96. The van der Waals surface area contributed by atoms with Gasteiger partial charge in [-0.2, -0.15) is 0 Å². The average molecular weight is 413 g/mol. The highest BCUT2D eigenvalue weighted by Gasteiger charge is 2.29. The number of benzene rings is 1. The summed E-state index contributed by atoms with van der Waals surface area (Å²) in [6.45, 7) is 5.19. The zero-order valence-corrected chi connectivity index (χ0v) is 17.7. The minimum absolute atomic E-state index is 0.0230. The van der Waals surface area contributed by atoms with Gasteiger partial charge in [0, 0.05) is 50.5 Å². The molecule has 1 atom stereocenters. The number of anilines is 1. The highest BCUT2D eigenvalue weighted by molar-refractivity contribution is 5.77. The summed E-state index contributed by atoms with van der Waals surface area (Å²) in [5.41, 5.74) is 3.30. The Hall–Kier alpha value is -2.54. The van der Waals surface area contributed by atoms with E-state index < -0.39 is 0 Å². The Balaban J connectivity index is 1.58. The first-order chi connectivity index (χ1) is 14.5. The summed E-state index contributed by atoms with van der Waals surface area (Å²) in [4.78, 5) is 26.3. The van der Waals surface area contributed by atoms with E-state index in [2.05, 4.69) is 11.8 Å². The van der Waals surface area contributed by atoms with Gasteiger partial charge in [-0.3, -0.25) is 4.79 Å². The number of carbonyl (C=O) groups excluding carboxylic acids is 1.